The summed E-state index contributed by atoms with van der Waals surface area (Å²) < 4.78 is 11.5. The van der Waals surface area contributed by atoms with Gasteiger partial charge in [0.25, 0.3) is 0 Å². The van der Waals surface area contributed by atoms with Gasteiger partial charge in [-0.05, 0) is 48.9 Å². The van der Waals surface area contributed by atoms with E-state index in [1.807, 2.05) is 0 Å². The Kier molecular flexibility index (Phi) is 8.33. The molecule has 4 N–H and O–H groups in total. The first kappa shape index (κ1) is 25.3. The number of benzene rings is 3. The lowest BCUT2D eigenvalue weighted by atomic mass is 10.1. The van der Waals surface area contributed by atoms with Crippen LogP contribution in [0.4, 0.5) is 5.69 Å². The summed E-state index contributed by atoms with van der Waals surface area (Å²) >= 11 is 18.1. The second kappa shape index (κ2) is 11.2. The van der Waals surface area contributed by atoms with Gasteiger partial charge in [0, 0.05) is 22.5 Å². The molecule has 34 heavy (non-hydrogen) atoms. The van der Waals surface area contributed by atoms with Crippen LogP contribution in [0.15, 0.2) is 48.5 Å². The van der Waals surface area contributed by atoms with Crippen molar-refractivity contribution in [3.05, 3.63) is 69.2 Å². The first-order valence-corrected chi connectivity index (χ1v) is 10.9. The zero-order valence-electron chi connectivity index (χ0n) is 17.3. The first-order chi connectivity index (χ1) is 16.2. The van der Waals surface area contributed by atoms with Gasteiger partial charge in [0.15, 0.2) is 17.2 Å². The Morgan fingerprint density at radius 2 is 1.56 bits per heavy atom. The van der Waals surface area contributed by atoms with E-state index in [2.05, 4.69) is 5.32 Å². The number of phenols is 2. The molecule has 1 amide bonds. The lowest BCUT2D eigenvalue weighted by molar-refractivity contribution is -0.116. The number of hydrogen-bond acceptors (Lipinski definition) is 6. The molecule has 0 aliphatic carbocycles. The summed E-state index contributed by atoms with van der Waals surface area (Å²) in [5, 5.41) is 32.4. The van der Waals surface area contributed by atoms with E-state index in [1.54, 1.807) is 30.3 Å². The van der Waals surface area contributed by atoms with Crippen molar-refractivity contribution in [1.29, 1.82) is 0 Å². The van der Waals surface area contributed by atoms with Crippen molar-refractivity contribution in [3.8, 4) is 28.7 Å². The lowest BCUT2D eigenvalue weighted by Crippen LogP contribution is -2.14. The van der Waals surface area contributed by atoms with Gasteiger partial charge in [-0.15, -0.1) is 0 Å². The highest BCUT2D eigenvalue weighted by molar-refractivity contribution is 6.35. The third-order valence-corrected chi connectivity index (χ3v) is 5.24. The monoisotopic (exact) mass is 525 g/mol. The van der Waals surface area contributed by atoms with Gasteiger partial charge >= 0.3 is 5.97 Å². The maximum absolute atomic E-state index is 12.2. The molecule has 3 rings (SSSR count). The summed E-state index contributed by atoms with van der Waals surface area (Å²) in [6.07, 6.45) is 0.204. The fourth-order valence-electron chi connectivity index (χ4n) is 2.85. The molecule has 0 heterocycles. The number of carbonyl (C=O) groups is 2. The van der Waals surface area contributed by atoms with E-state index in [1.165, 1.54) is 6.07 Å². The Hall–Kier alpha value is -3.33. The molecular formula is C23H18Cl3NO7. The van der Waals surface area contributed by atoms with E-state index < -0.39 is 28.9 Å². The highest BCUT2D eigenvalue weighted by Gasteiger charge is 2.19. The number of ether oxygens (including phenoxy) is 2. The number of aromatic carboxylic acids is 1. The van der Waals surface area contributed by atoms with E-state index in [4.69, 9.17) is 49.4 Å². The summed E-state index contributed by atoms with van der Waals surface area (Å²) in [6.45, 7) is 0.103. The van der Waals surface area contributed by atoms with Crippen LogP contribution in [0.3, 0.4) is 0 Å². The molecule has 0 unspecified atom stereocenters. The van der Waals surface area contributed by atoms with Crippen molar-refractivity contribution < 1.29 is 34.4 Å². The van der Waals surface area contributed by atoms with Crippen molar-refractivity contribution in [3.63, 3.8) is 0 Å². The topological polar surface area (TPSA) is 125 Å². The number of carbonyl (C=O) groups excluding carboxylic acids is 1. The third kappa shape index (κ3) is 6.38. The molecule has 178 valence electrons. The molecule has 0 saturated heterocycles. The lowest BCUT2D eigenvalue weighted by Gasteiger charge is -2.14. The maximum Gasteiger partial charge on any atom is 0.339 e. The molecule has 0 aliphatic heterocycles. The van der Waals surface area contributed by atoms with Crippen LogP contribution in [-0.4, -0.2) is 33.8 Å². The Morgan fingerprint density at radius 3 is 2.24 bits per heavy atom. The summed E-state index contributed by atoms with van der Waals surface area (Å²) in [6, 6.07) is 11.6. The quantitative estimate of drug-likeness (QED) is 0.189. The van der Waals surface area contributed by atoms with E-state index in [-0.39, 0.29) is 25.1 Å². The van der Waals surface area contributed by atoms with Gasteiger partial charge in [-0.25, -0.2) is 4.79 Å². The number of aromatic hydroxyl groups is 2. The number of carboxylic acids is 1. The van der Waals surface area contributed by atoms with Gasteiger partial charge < -0.3 is 30.1 Å². The summed E-state index contributed by atoms with van der Waals surface area (Å²) in [5.74, 6) is -2.14. The zero-order valence-corrected chi connectivity index (χ0v) is 19.6. The molecule has 0 atom stereocenters. The van der Waals surface area contributed by atoms with E-state index >= 15 is 0 Å². The van der Waals surface area contributed by atoms with Crippen LogP contribution in [0, 0.1) is 0 Å². The summed E-state index contributed by atoms with van der Waals surface area (Å²) in [5.41, 5.74) is -0.832. The summed E-state index contributed by atoms with van der Waals surface area (Å²) in [7, 11) is 0. The number of nitrogens with one attached hydrogen (secondary N) is 1. The van der Waals surface area contributed by atoms with Crippen LogP contribution >= 0.6 is 34.8 Å². The van der Waals surface area contributed by atoms with Crippen LogP contribution in [0.2, 0.25) is 15.1 Å². The van der Waals surface area contributed by atoms with Crippen LogP contribution in [0.1, 0.15) is 23.2 Å². The van der Waals surface area contributed by atoms with Crippen molar-refractivity contribution >= 4 is 52.4 Å². The molecule has 0 radical (unpaired) electrons. The number of phenolic OH excluding ortho intramolecular Hbond substituents is 1. The van der Waals surface area contributed by atoms with E-state index in [9.17, 15) is 19.8 Å². The average molecular weight is 527 g/mol. The van der Waals surface area contributed by atoms with Gasteiger partial charge in [0.1, 0.15) is 22.7 Å². The second-order valence-corrected chi connectivity index (χ2v) is 8.21. The number of carboxylic acid groups (broad SMARTS) is 1. The second-order valence-electron chi connectivity index (χ2n) is 6.93. The minimum Gasteiger partial charge on any atom is -0.506 e. The number of hydrogen-bond donors (Lipinski definition) is 4. The minimum atomic E-state index is -1.40. The highest BCUT2D eigenvalue weighted by atomic mass is 35.5. The first-order valence-electron chi connectivity index (χ1n) is 9.79. The molecular weight excluding hydrogens is 509 g/mol. The largest absolute Gasteiger partial charge is 0.506 e. The molecule has 0 fully saturated rings. The van der Waals surface area contributed by atoms with Gasteiger partial charge in [-0.2, -0.15) is 0 Å². The molecule has 0 bridgehead atoms. The fraction of sp³-hybridized carbons (Fsp3) is 0.130. The number of anilines is 1. The van der Waals surface area contributed by atoms with Gasteiger partial charge in [0.2, 0.25) is 5.91 Å². The summed E-state index contributed by atoms with van der Waals surface area (Å²) in [4.78, 5) is 23.3. The molecule has 0 aliphatic rings. The predicted molar refractivity (Wildman–Crippen MR) is 128 cm³/mol. The molecule has 3 aromatic carbocycles. The molecule has 3 aromatic rings. The number of halogens is 3. The fourth-order valence-corrected chi connectivity index (χ4v) is 3.46. The Bertz CT molecular complexity index is 1230. The molecule has 11 heteroatoms. The predicted octanol–water partition coefficient (Wildman–Crippen LogP) is 6.35. The third-order valence-electron chi connectivity index (χ3n) is 4.48. The molecule has 0 spiro atoms. The Morgan fingerprint density at radius 1 is 0.882 bits per heavy atom. The minimum absolute atomic E-state index is 0.0457. The van der Waals surface area contributed by atoms with Gasteiger partial charge in [-0.1, -0.05) is 34.8 Å². The maximum atomic E-state index is 12.2. The van der Waals surface area contributed by atoms with Gasteiger partial charge in [-0.3, -0.25) is 4.79 Å². The SMILES string of the molecule is O=C(CCCOc1cc(Cl)ccc1Oc1ccc(Cl)cc1Cl)Nc1c(O)ccc(C(=O)O)c1O. The van der Waals surface area contributed by atoms with Crippen molar-refractivity contribution in [2.24, 2.45) is 0 Å². The Balaban J connectivity index is 1.60. The average Bonchev–Trinajstić information content (AvgIpc) is 2.77. The van der Waals surface area contributed by atoms with Crippen LogP contribution in [0.5, 0.6) is 28.7 Å². The van der Waals surface area contributed by atoms with Crippen LogP contribution in [0.25, 0.3) is 0 Å². The van der Waals surface area contributed by atoms with Crippen LogP contribution < -0.4 is 14.8 Å². The smallest absolute Gasteiger partial charge is 0.339 e. The van der Waals surface area contributed by atoms with Crippen molar-refractivity contribution in [2.75, 3.05) is 11.9 Å². The number of amides is 1. The van der Waals surface area contributed by atoms with Crippen LogP contribution in [-0.2, 0) is 4.79 Å². The molecule has 8 nitrogen and oxygen atoms in total. The Labute approximate surface area is 209 Å². The van der Waals surface area contributed by atoms with Gasteiger partial charge in [0.05, 0.1) is 11.6 Å². The number of rotatable bonds is 9. The highest BCUT2D eigenvalue weighted by Crippen LogP contribution is 2.38. The van der Waals surface area contributed by atoms with Crippen molar-refractivity contribution in [1.82, 2.24) is 0 Å². The van der Waals surface area contributed by atoms with E-state index in [0.717, 1.165) is 12.1 Å². The molecule has 0 saturated carbocycles. The normalized spacial score (nSPS) is 10.6. The standard InChI is InChI=1S/C23H18Cl3NO7/c24-12-3-7-17(15(26)10-12)34-18-8-4-13(25)11-19(18)33-9-1-2-20(29)27-21-16(28)6-5-14(22(21)30)23(31)32/h3-8,10-11,28,30H,1-2,9H2,(H,27,29)(H,31,32). The zero-order chi connectivity index (χ0) is 24.8. The van der Waals surface area contributed by atoms with Crippen molar-refractivity contribution in [2.45, 2.75) is 12.8 Å². The molecule has 0 aromatic heterocycles. The van der Waals surface area contributed by atoms with E-state index in [0.29, 0.717) is 32.3 Å².